The van der Waals surface area contributed by atoms with E-state index in [0.29, 0.717) is 45.5 Å². The van der Waals surface area contributed by atoms with Crippen LogP contribution in [-0.2, 0) is 4.74 Å². The molecule has 3 aromatic rings. The van der Waals surface area contributed by atoms with Crippen LogP contribution >= 0.6 is 0 Å². The zero-order valence-corrected chi connectivity index (χ0v) is 18.5. The molecular weight excluding hydrogens is 410 g/mol. The fourth-order valence-electron chi connectivity index (χ4n) is 3.92. The van der Waals surface area contributed by atoms with E-state index in [4.69, 9.17) is 13.9 Å². The van der Waals surface area contributed by atoms with Crippen molar-refractivity contribution in [3.8, 4) is 5.75 Å². The van der Waals surface area contributed by atoms with Crippen LogP contribution in [0.5, 0.6) is 5.75 Å². The minimum Gasteiger partial charge on any atom is -0.486 e. The third-order valence-electron chi connectivity index (χ3n) is 5.83. The highest BCUT2D eigenvalue weighted by molar-refractivity contribution is 6.14. The van der Waals surface area contributed by atoms with E-state index in [0.717, 1.165) is 0 Å². The summed E-state index contributed by atoms with van der Waals surface area (Å²) in [4.78, 5) is 37.7. The molecule has 0 bridgehead atoms. The van der Waals surface area contributed by atoms with Crippen molar-refractivity contribution in [2.45, 2.75) is 46.1 Å². The molecule has 166 valence electrons. The molecule has 0 saturated heterocycles. The van der Waals surface area contributed by atoms with Gasteiger partial charge in [0.2, 0.25) is 0 Å². The molecule has 0 unspecified atom stereocenters. The summed E-state index contributed by atoms with van der Waals surface area (Å²) in [6.07, 6.45) is 0.984. The quantitative estimate of drug-likeness (QED) is 0.546. The van der Waals surface area contributed by atoms with Crippen LogP contribution in [0, 0.1) is 6.92 Å². The van der Waals surface area contributed by atoms with Crippen LogP contribution in [0.15, 0.2) is 40.8 Å². The van der Waals surface area contributed by atoms with Gasteiger partial charge in [0.1, 0.15) is 16.9 Å². The Balaban J connectivity index is 1.64. The average Bonchev–Trinajstić information content (AvgIpc) is 3.11. The number of esters is 1. The summed E-state index contributed by atoms with van der Waals surface area (Å²) in [5.74, 6) is -0.247. The number of carbonyl (C=O) groups is 3. The number of benzene rings is 2. The van der Waals surface area contributed by atoms with Crippen molar-refractivity contribution in [3.05, 3.63) is 58.8 Å². The number of amides is 1. The maximum absolute atomic E-state index is 13.0. The predicted molar refractivity (Wildman–Crippen MR) is 120 cm³/mol. The number of Topliss-reactive ketones (excluding diaryl/α,β-unsaturated/α-hetero) is 1. The molecule has 0 spiro atoms. The van der Waals surface area contributed by atoms with Gasteiger partial charge in [0, 0.05) is 16.6 Å². The Morgan fingerprint density at radius 3 is 2.50 bits per heavy atom. The molecule has 32 heavy (non-hydrogen) atoms. The number of anilines is 1. The van der Waals surface area contributed by atoms with Gasteiger partial charge in [-0.2, -0.15) is 0 Å². The maximum Gasteiger partial charge on any atom is 0.338 e. The van der Waals surface area contributed by atoms with Crippen molar-refractivity contribution in [1.29, 1.82) is 0 Å². The Labute approximate surface area is 185 Å². The fraction of sp³-hybridized carbons (Fsp3) is 0.320. The van der Waals surface area contributed by atoms with E-state index in [2.05, 4.69) is 5.32 Å². The van der Waals surface area contributed by atoms with E-state index in [-0.39, 0.29) is 24.6 Å². The fourth-order valence-corrected chi connectivity index (χ4v) is 3.92. The van der Waals surface area contributed by atoms with Gasteiger partial charge in [-0.15, -0.1) is 0 Å². The number of carbonyl (C=O) groups excluding carboxylic acids is 3. The molecule has 1 amide bonds. The Morgan fingerprint density at radius 1 is 1.12 bits per heavy atom. The van der Waals surface area contributed by atoms with Crippen LogP contribution in [0.2, 0.25) is 0 Å². The van der Waals surface area contributed by atoms with E-state index in [1.54, 1.807) is 50.2 Å². The molecule has 2 heterocycles. The molecule has 1 atom stereocenters. The second-order valence-corrected chi connectivity index (χ2v) is 8.13. The average molecular weight is 435 g/mol. The van der Waals surface area contributed by atoms with Crippen LogP contribution in [0.1, 0.15) is 70.4 Å². The van der Waals surface area contributed by atoms with Gasteiger partial charge in [0.15, 0.2) is 11.5 Å². The highest BCUT2D eigenvalue weighted by Gasteiger charge is 2.37. The molecule has 0 aliphatic carbocycles. The standard InChI is InChI=1S/C25H25NO6/c1-5-25(4)13-17(27)21-19(32-25)12-11-18-20(21)14(3)22(31-18)23(28)26-16-9-7-15(8-10-16)24(29)30-6-2/h7-12H,5-6,13H2,1-4H3,(H,26,28)/t25-/m0/s1. The zero-order valence-electron chi connectivity index (χ0n) is 18.5. The summed E-state index contributed by atoms with van der Waals surface area (Å²) in [7, 11) is 0. The summed E-state index contributed by atoms with van der Waals surface area (Å²) < 4.78 is 16.9. The van der Waals surface area contributed by atoms with Crippen molar-refractivity contribution in [2.75, 3.05) is 11.9 Å². The van der Waals surface area contributed by atoms with Crippen LogP contribution in [0.4, 0.5) is 5.69 Å². The topological polar surface area (TPSA) is 94.8 Å². The molecule has 7 heteroatoms. The van der Waals surface area contributed by atoms with E-state index < -0.39 is 17.5 Å². The zero-order chi connectivity index (χ0) is 23.0. The number of hydrogen-bond acceptors (Lipinski definition) is 6. The third kappa shape index (κ3) is 3.75. The third-order valence-corrected chi connectivity index (χ3v) is 5.83. The molecule has 4 rings (SSSR count). The molecule has 1 N–H and O–H groups in total. The Kier molecular flexibility index (Phi) is 5.50. The lowest BCUT2D eigenvalue weighted by Gasteiger charge is -2.34. The molecule has 0 radical (unpaired) electrons. The number of hydrogen-bond donors (Lipinski definition) is 1. The minimum absolute atomic E-state index is 0.0217. The highest BCUT2D eigenvalue weighted by atomic mass is 16.5. The molecular formula is C25H25NO6. The maximum atomic E-state index is 13.0. The van der Waals surface area contributed by atoms with Crippen LogP contribution < -0.4 is 10.1 Å². The molecule has 2 aromatic carbocycles. The van der Waals surface area contributed by atoms with Gasteiger partial charge < -0.3 is 19.2 Å². The molecule has 1 aliphatic heterocycles. The Bertz CT molecular complexity index is 1220. The van der Waals surface area contributed by atoms with E-state index in [9.17, 15) is 14.4 Å². The van der Waals surface area contributed by atoms with Crippen molar-refractivity contribution in [3.63, 3.8) is 0 Å². The van der Waals surface area contributed by atoms with Crippen molar-refractivity contribution in [1.82, 2.24) is 0 Å². The van der Waals surface area contributed by atoms with Crippen LogP contribution in [0.3, 0.4) is 0 Å². The molecule has 0 fully saturated rings. The Hall–Kier alpha value is -3.61. The first-order valence-electron chi connectivity index (χ1n) is 10.6. The van der Waals surface area contributed by atoms with Gasteiger partial charge in [-0.3, -0.25) is 9.59 Å². The molecule has 7 nitrogen and oxygen atoms in total. The summed E-state index contributed by atoms with van der Waals surface area (Å²) in [6.45, 7) is 7.69. The van der Waals surface area contributed by atoms with Gasteiger partial charge in [0.25, 0.3) is 5.91 Å². The minimum atomic E-state index is -0.536. The van der Waals surface area contributed by atoms with Crippen molar-refractivity contribution >= 4 is 34.3 Å². The molecule has 0 saturated carbocycles. The summed E-state index contributed by atoms with van der Waals surface area (Å²) >= 11 is 0. The van der Waals surface area contributed by atoms with E-state index in [1.807, 2.05) is 13.8 Å². The van der Waals surface area contributed by atoms with Gasteiger partial charge in [-0.05, 0) is 63.6 Å². The SMILES string of the molecule is CCOC(=O)c1ccc(NC(=O)c2oc3ccc4c(c3c2C)C(=O)C[C@](C)(CC)O4)cc1. The summed E-state index contributed by atoms with van der Waals surface area (Å²) in [5.41, 5.74) is 1.87. The van der Waals surface area contributed by atoms with Crippen molar-refractivity contribution < 1.29 is 28.3 Å². The van der Waals surface area contributed by atoms with Crippen molar-refractivity contribution in [2.24, 2.45) is 0 Å². The van der Waals surface area contributed by atoms with Gasteiger partial charge in [-0.1, -0.05) is 6.92 Å². The predicted octanol–water partition coefficient (Wildman–Crippen LogP) is 5.30. The summed E-state index contributed by atoms with van der Waals surface area (Å²) in [6, 6.07) is 9.84. The first-order valence-corrected chi connectivity index (χ1v) is 10.6. The second-order valence-electron chi connectivity index (χ2n) is 8.13. The number of ether oxygens (including phenoxy) is 2. The number of fused-ring (bicyclic) bond motifs is 3. The van der Waals surface area contributed by atoms with E-state index >= 15 is 0 Å². The largest absolute Gasteiger partial charge is 0.486 e. The first kappa shape index (κ1) is 21.6. The van der Waals surface area contributed by atoms with E-state index in [1.165, 1.54) is 0 Å². The molecule has 1 aromatic heterocycles. The first-order chi connectivity index (χ1) is 15.3. The summed E-state index contributed by atoms with van der Waals surface area (Å²) in [5, 5.41) is 3.38. The number of rotatable bonds is 5. The lowest BCUT2D eigenvalue weighted by Crippen LogP contribution is -2.38. The lowest BCUT2D eigenvalue weighted by molar-refractivity contribution is 0.0499. The van der Waals surface area contributed by atoms with Gasteiger partial charge in [0.05, 0.1) is 24.2 Å². The Morgan fingerprint density at radius 2 is 1.84 bits per heavy atom. The number of nitrogens with one attached hydrogen (secondary N) is 1. The molecule has 1 aliphatic rings. The number of aryl methyl sites for hydroxylation is 1. The second kappa shape index (κ2) is 8.15. The van der Waals surface area contributed by atoms with Crippen LogP contribution in [0.25, 0.3) is 11.0 Å². The van der Waals surface area contributed by atoms with Crippen LogP contribution in [-0.4, -0.2) is 29.9 Å². The lowest BCUT2D eigenvalue weighted by atomic mass is 9.87. The van der Waals surface area contributed by atoms with Gasteiger partial charge >= 0.3 is 5.97 Å². The number of ketones is 1. The smallest absolute Gasteiger partial charge is 0.338 e. The monoisotopic (exact) mass is 435 g/mol. The number of furan rings is 1. The van der Waals surface area contributed by atoms with Gasteiger partial charge in [-0.25, -0.2) is 4.79 Å². The normalized spacial score (nSPS) is 17.6. The highest BCUT2D eigenvalue weighted by Crippen LogP contribution is 2.41.